The van der Waals surface area contributed by atoms with E-state index in [1.807, 2.05) is 26.0 Å². The Bertz CT molecular complexity index is 432. The number of ether oxygens (including phenoxy) is 1. The summed E-state index contributed by atoms with van der Waals surface area (Å²) in [5, 5.41) is 11.8. The molecule has 0 fully saturated rings. The number of hydrogen-bond acceptors (Lipinski definition) is 4. The molecule has 1 aromatic carbocycles. The van der Waals surface area contributed by atoms with Crippen molar-refractivity contribution in [3.05, 3.63) is 23.3 Å². The summed E-state index contributed by atoms with van der Waals surface area (Å²) in [6.07, 6.45) is -0.0405. The van der Waals surface area contributed by atoms with Gasteiger partial charge in [0.05, 0.1) is 13.5 Å². The fourth-order valence-corrected chi connectivity index (χ4v) is 1.74. The number of benzene rings is 1. The maximum atomic E-state index is 10.5. The van der Waals surface area contributed by atoms with Crippen molar-refractivity contribution in [2.75, 3.05) is 19.0 Å². The second-order valence-electron chi connectivity index (χ2n) is 4.38. The van der Waals surface area contributed by atoms with E-state index in [9.17, 15) is 4.79 Å². The van der Waals surface area contributed by atoms with Crippen molar-refractivity contribution in [3.8, 4) is 5.75 Å². The molecule has 0 heterocycles. The second kappa shape index (κ2) is 6.26. The number of carboxylic acids is 1. The van der Waals surface area contributed by atoms with Gasteiger partial charge in [-0.05, 0) is 37.1 Å². The fourth-order valence-electron chi connectivity index (χ4n) is 1.74. The third kappa shape index (κ3) is 3.92. The Hall–Kier alpha value is -1.75. The van der Waals surface area contributed by atoms with Crippen molar-refractivity contribution >= 4 is 11.7 Å². The lowest BCUT2D eigenvalue weighted by Gasteiger charge is -2.15. The van der Waals surface area contributed by atoms with Crippen LogP contribution in [-0.4, -0.2) is 30.8 Å². The first-order valence-corrected chi connectivity index (χ1v) is 5.80. The molecule has 1 rings (SSSR count). The Morgan fingerprint density at radius 2 is 2.11 bits per heavy atom. The molecule has 0 aliphatic carbocycles. The van der Waals surface area contributed by atoms with Gasteiger partial charge in [-0.2, -0.15) is 0 Å². The van der Waals surface area contributed by atoms with E-state index in [1.54, 1.807) is 7.11 Å². The van der Waals surface area contributed by atoms with E-state index in [0.29, 0.717) is 6.54 Å². The van der Waals surface area contributed by atoms with Gasteiger partial charge in [0.1, 0.15) is 5.75 Å². The number of aliphatic carboxylic acids is 1. The van der Waals surface area contributed by atoms with E-state index in [2.05, 4.69) is 5.32 Å². The first-order valence-electron chi connectivity index (χ1n) is 5.80. The van der Waals surface area contributed by atoms with Gasteiger partial charge in [-0.25, -0.2) is 0 Å². The van der Waals surface area contributed by atoms with Crippen LogP contribution in [0.5, 0.6) is 5.75 Å². The van der Waals surface area contributed by atoms with Gasteiger partial charge < -0.3 is 20.9 Å². The van der Waals surface area contributed by atoms with E-state index < -0.39 is 12.0 Å². The van der Waals surface area contributed by atoms with Crippen LogP contribution in [-0.2, 0) is 4.79 Å². The van der Waals surface area contributed by atoms with Crippen LogP contribution in [0, 0.1) is 13.8 Å². The first-order chi connectivity index (χ1) is 8.43. The van der Waals surface area contributed by atoms with Crippen LogP contribution in [0.15, 0.2) is 12.1 Å². The molecule has 1 unspecified atom stereocenters. The van der Waals surface area contributed by atoms with Gasteiger partial charge >= 0.3 is 5.97 Å². The van der Waals surface area contributed by atoms with Crippen molar-refractivity contribution in [1.29, 1.82) is 0 Å². The number of aryl methyl sites for hydroxylation is 2. The lowest BCUT2D eigenvalue weighted by molar-refractivity contribution is -0.137. The van der Waals surface area contributed by atoms with Crippen LogP contribution < -0.4 is 15.8 Å². The normalized spacial score (nSPS) is 12.0. The summed E-state index contributed by atoms with van der Waals surface area (Å²) in [5.41, 5.74) is 8.72. The van der Waals surface area contributed by atoms with Gasteiger partial charge in [-0.1, -0.05) is 0 Å². The smallest absolute Gasteiger partial charge is 0.304 e. The summed E-state index contributed by atoms with van der Waals surface area (Å²) in [6.45, 7) is 4.35. The third-order valence-electron chi connectivity index (χ3n) is 2.73. The van der Waals surface area contributed by atoms with Crippen LogP contribution in [0.4, 0.5) is 5.69 Å². The first kappa shape index (κ1) is 14.3. The van der Waals surface area contributed by atoms with Crippen LogP contribution in [0.1, 0.15) is 17.5 Å². The molecular weight excluding hydrogens is 232 g/mol. The molecule has 4 N–H and O–H groups in total. The van der Waals surface area contributed by atoms with Gasteiger partial charge in [0.2, 0.25) is 0 Å². The summed E-state index contributed by atoms with van der Waals surface area (Å²) in [5.74, 6) is -0.0418. The highest BCUT2D eigenvalue weighted by Crippen LogP contribution is 2.25. The van der Waals surface area contributed by atoms with Crippen molar-refractivity contribution < 1.29 is 14.6 Å². The molecular formula is C13H20N2O3. The van der Waals surface area contributed by atoms with Crippen LogP contribution in [0.3, 0.4) is 0 Å². The number of nitrogens with one attached hydrogen (secondary N) is 1. The number of carboxylic acid groups (broad SMARTS) is 1. The monoisotopic (exact) mass is 252 g/mol. The summed E-state index contributed by atoms with van der Waals surface area (Å²) >= 11 is 0. The van der Waals surface area contributed by atoms with E-state index in [-0.39, 0.29) is 6.42 Å². The van der Waals surface area contributed by atoms with E-state index in [4.69, 9.17) is 15.6 Å². The maximum Gasteiger partial charge on any atom is 0.304 e. The molecule has 0 radical (unpaired) electrons. The topological polar surface area (TPSA) is 84.6 Å². The number of anilines is 1. The van der Waals surface area contributed by atoms with E-state index in [0.717, 1.165) is 22.6 Å². The minimum atomic E-state index is -0.882. The van der Waals surface area contributed by atoms with E-state index in [1.165, 1.54) is 0 Å². The fraction of sp³-hybridized carbons (Fsp3) is 0.462. The Labute approximate surface area is 107 Å². The quantitative estimate of drug-likeness (QED) is 0.715. The van der Waals surface area contributed by atoms with Gasteiger partial charge in [0.15, 0.2) is 0 Å². The molecule has 0 aromatic heterocycles. The predicted molar refractivity (Wildman–Crippen MR) is 71.2 cm³/mol. The van der Waals surface area contributed by atoms with Gasteiger partial charge in [-0.3, -0.25) is 4.79 Å². The van der Waals surface area contributed by atoms with Gasteiger partial charge in [-0.15, -0.1) is 0 Å². The Balaban J connectivity index is 2.68. The number of methoxy groups -OCH3 is 1. The van der Waals surface area contributed by atoms with Gasteiger partial charge in [0, 0.05) is 18.3 Å². The van der Waals surface area contributed by atoms with Crippen LogP contribution >= 0.6 is 0 Å². The van der Waals surface area contributed by atoms with Crippen molar-refractivity contribution in [3.63, 3.8) is 0 Å². The number of hydrogen-bond donors (Lipinski definition) is 3. The highest BCUT2D eigenvalue weighted by Gasteiger charge is 2.09. The maximum absolute atomic E-state index is 10.5. The minimum absolute atomic E-state index is 0.0405. The highest BCUT2D eigenvalue weighted by atomic mass is 16.5. The zero-order valence-electron chi connectivity index (χ0n) is 11.0. The molecule has 0 aliphatic rings. The molecule has 0 spiro atoms. The van der Waals surface area contributed by atoms with Gasteiger partial charge in [0.25, 0.3) is 0 Å². The van der Waals surface area contributed by atoms with Crippen LogP contribution in [0.2, 0.25) is 0 Å². The third-order valence-corrected chi connectivity index (χ3v) is 2.73. The molecule has 0 bridgehead atoms. The number of nitrogens with two attached hydrogens (primary N) is 1. The molecule has 0 saturated carbocycles. The Morgan fingerprint density at radius 1 is 1.44 bits per heavy atom. The molecule has 1 atom stereocenters. The minimum Gasteiger partial charge on any atom is -0.496 e. The number of carbonyl (C=O) groups is 1. The lowest BCUT2D eigenvalue weighted by atomic mass is 10.1. The lowest BCUT2D eigenvalue weighted by Crippen LogP contribution is -2.31. The highest BCUT2D eigenvalue weighted by molar-refractivity contribution is 5.67. The van der Waals surface area contributed by atoms with Crippen LogP contribution in [0.25, 0.3) is 0 Å². The molecule has 5 heteroatoms. The SMILES string of the molecule is COc1cc(C)c(NCC(N)CC(=O)O)cc1C. The molecule has 1 aromatic rings. The summed E-state index contributed by atoms with van der Waals surface area (Å²) in [7, 11) is 1.64. The average molecular weight is 252 g/mol. The van der Waals surface area contributed by atoms with Crippen molar-refractivity contribution in [2.45, 2.75) is 26.3 Å². The Morgan fingerprint density at radius 3 is 2.67 bits per heavy atom. The number of rotatable bonds is 6. The zero-order chi connectivity index (χ0) is 13.7. The second-order valence-corrected chi connectivity index (χ2v) is 4.38. The zero-order valence-corrected chi connectivity index (χ0v) is 11.0. The molecule has 5 nitrogen and oxygen atoms in total. The molecule has 0 amide bonds. The Kier molecular flexibility index (Phi) is 4.97. The molecule has 0 aliphatic heterocycles. The van der Waals surface area contributed by atoms with Crippen molar-refractivity contribution in [2.24, 2.45) is 5.73 Å². The standard InChI is InChI=1S/C13H20N2O3/c1-8-5-12(18-3)9(2)4-11(8)15-7-10(14)6-13(16)17/h4-5,10,15H,6-7,14H2,1-3H3,(H,16,17). The summed E-state index contributed by atoms with van der Waals surface area (Å²) in [4.78, 5) is 10.5. The molecule has 0 saturated heterocycles. The predicted octanol–water partition coefficient (Wildman–Crippen LogP) is 1.53. The summed E-state index contributed by atoms with van der Waals surface area (Å²) in [6, 6.07) is 3.52. The largest absolute Gasteiger partial charge is 0.496 e. The molecule has 18 heavy (non-hydrogen) atoms. The average Bonchev–Trinajstić information content (AvgIpc) is 2.28. The summed E-state index contributed by atoms with van der Waals surface area (Å²) < 4.78 is 5.23. The molecule has 100 valence electrons. The van der Waals surface area contributed by atoms with E-state index >= 15 is 0 Å². The van der Waals surface area contributed by atoms with Crippen molar-refractivity contribution in [1.82, 2.24) is 0 Å².